The van der Waals surface area contributed by atoms with Crippen LogP contribution in [0.15, 0.2) is 24.3 Å². The van der Waals surface area contributed by atoms with Crippen molar-refractivity contribution in [1.29, 1.82) is 0 Å². The molecule has 128 valence electrons. The minimum atomic E-state index is -4.22. The van der Waals surface area contributed by atoms with Crippen molar-refractivity contribution in [2.45, 2.75) is 50.9 Å². The molecule has 0 spiro atoms. The Labute approximate surface area is 132 Å². The minimum Gasteiger partial charge on any atom is -0.335 e. The summed E-state index contributed by atoms with van der Waals surface area (Å²) in [5.74, 6) is -1.76. The van der Waals surface area contributed by atoms with Crippen LogP contribution in [0.2, 0.25) is 0 Å². The SMILES string of the molecule is C[C@@H](NC(=O)N[C@H]1CCC[C@H](C(F)(F)F)C1)c1cccc(F)c1. The monoisotopic (exact) mass is 332 g/mol. The molecule has 0 heterocycles. The fourth-order valence-corrected chi connectivity index (χ4v) is 2.90. The third-order valence-electron chi connectivity index (χ3n) is 4.17. The lowest BCUT2D eigenvalue weighted by Crippen LogP contribution is -2.46. The first-order valence-electron chi connectivity index (χ1n) is 7.65. The topological polar surface area (TPSA) is 41.1 Å². The molecule has 2 N–H and O–H groups in total. The van der Waals surface area contributed by atoms with Gasteiger partial charge < -0.3 is 10.6 Å². The minimum absolute atomic E-state index is 0.0920. The van der Waals surface area contributed by atoms with E-state index in [2.05, 4.69) is 10.6 Å². The highest BCUT2D eigenvalue weighted by molar-refractivity contribution is 5.74. The van der Waals surface area contributed by atoms with Crippen molar-refractivity contribution >= 4 is 6.03 Å². The van der Waals surface area contributed by atoms with Crippen molar-refractivity contribution in [1.82, 2.24) is 10.6 Å². The first-order valence-corrected chi connectivity index (χ1v) is 7.65. The van der Waals surface area contributed by atoms with Crippen molar-refractivity contribution in [2.75, 3.05) is 0 Å². The first kappa shape index (κ1) is 17.6. The quantitative estimate of drug-likeness (QED) is 0.796. The second-order valence-corrected chi connectivity index (χ2v) is 6.00. The summed E-state index contributed by atoms with van der Waals surface area (Å²) >= 11 is 0. The van der Waals surface area contributed by atoms with E-state index < -0.39 is 36.0 Å². The summed E-state index contributed by atoms with van der Waals surface area (Å²) in [5.41, 5.74) is 0.594. The summed E-state index contributed by atoms with van der Waals surface area (Å²) < 4.78 is 51.4. The van der Waals surface area contributed by atoms with Crippen LogP contribution >= 0.6 is 0 Å². The van der Waals surface area contributed by atoms with E-state index in [1.54, 1.807) is 13.0 Å². The number of nitrogens with one attached hydrogen (secondary N) is 2. The lowest BCUT2D eigenvalue weighted by atomic mass is 9.85. The molecule has 1 aromatic rings. The molecule has 2 rings (SSSR count). The summed E-state index contributed by atoms with van der Waals surface area (Å²) in [7, 11) is 0. The van der Waals surface area contributed by atoms with Gasteiger partial charge in [0.15, 0.2) is 0 Å². The second-order valence-electron chi connectivity index (χ2n) is 6.00. The van der Waals surface area contributed by atoms with Gasteiger partial charge in [-0.2, -0.15) is 13.2 Å². The van der Waals surface area contributed by atoms with Crippen LogP contribution in [0.5, 0.6) is 0 Å². The Balaban J connectivity index is 1.87. The summed E-state index contributed by atoms with van der Waals surface area (Å²) in [6.07, 6.45) is -3.22. The molecule has 23 heavy (non-hydrogen) atoms. The molecule has 1 saturated carbocycles. The smallest absolute Gasteiger partial charge is 0.335 e. The Bertz CT molecular complexity index is 547. The van der Waals surface area contributed by atoms with E-state index in [9.17, 15) is 22.4 Å². The van der Waals surface area contributed by atoms with Crippen molar-refractivity contribution in [3.63, 3.8) is 0 Å². The molecule has 2 amide bonds. The van der Waals surface area contributed by atoms with Gasteiger partial charge in [0.05, 0.1) is 12.0 Å². The molecule has 0 radical (unpaired) electrons. The molecule has 1 aliphatic carbocycles. The zero-order chi connectivity index (χ0) is 17.0. The Morgan fingerprint density at radius 2 is 2.04 bits per heavy atom. The van der Waals surface area contributed by atoms with Gasteiger partial charge >= 0.3 is 12.2 Å². The number of hydrogen-bond donors (Lipinski definition) is 2. The fraction of sp³-hybridized carbons (Fsp3) is 0.562. The van der Waals surface area contributed by atoms with E-state index in [1.165, 1.54) is 18.2 Å². The van der Waals surface area contributed by atoms with E-state index in [1.807, 2.05) is 0 Å². The maximum atomic E-state index is 13.2. The highest BCUT2D eigenvalue weighted by Gasteiger charge is 2.42. The number of amides is 2. The van der Waals surface area contributed by atoms with Gasteiger partial charge in [-0.25, -0.2) is 9.18 Å². The number of benzene rings is 1. The molecule has 3 nitrogen and oxygen atoms in total. The number of urea groups is 1. The summed E-state index contributed by atoms with van der Waals surface area (Å²) in [5, 5.41) is 5.22. The number of carbonyl (C=O) groups excluding carboxylic acids is 1. The normalized spacial score (nSPS) is 23.2. The van der Waals surface area contributed by atoms with Gasteiger partial charge in [0, 0.05) is 6.04 Å². The van der Waals surface area contributed by atoms with E-state index in [0.717, 1.165) is 0 Å². The fourth-order valence-electron chi connectivity index (χ4n) is 2.90. The summed E-state index contributed by atoms with van der Waals surface area (Å²) in [6.45, 7) is 1.69. The lowest BCUT2D eigenvalue weighted by Gasteiger charge is -2.31. The zero-order valence-electron chi connectivity index (χ0n) is 12.8. The van der Waals surface area contributed by atoms with Crippen molar-refractivity contribution in [3.05, 3.63) is 35.6 Å². The van der Waals surface area contributed by atoms with Gasteiger partial charge in [0.25, 0.3) is 0 Å². The van der Waals surface area contributed by atoms with Gasteiger partial charge in [-0.15, -0.1) is 0 Å². The predicted octanol–water partition coefficient (Wildman–Crippen LogP) is 4.31. The molecule has 1 fully saturated rings. The van der Waals surface area contributed by atoms with Crippen LogP contribution in [0.1, 0.15) is 44.2 Å². The number of halogens is 4. The van der Waals surface area contributed by atoms with Crippen LogP contribution in [0, 0.1) is 11.7 Å². The van der Waals surface area contributed by atoms with Crippen molar-refractivity contribution < 1.29 is 22.4 Å². The van der Waals surface area contributed by atoms with Gasteiger partial charge in [0.2, 0.25) is 0 Å². The highest BCUT2D eigenvalue weighted by Crippen LogP contribution is 2.37. The van der Waals surface area contributed by atoms with E-state index >= 15 is 0 Å². The Kier molecular flexibility index (Phi) is 5.49. The number of hydrogen-bond acceptors (Lipinski definition) is 1. The third-order valence-corrected chi connectivity index (χ3v) is 4.17. The van der Waals surface area contributed by atoms with E-state index in [0.29, 0.717) is 18.4 Å². The summed E-state index contributed by atoms with van der Waals surface area (Å²) in [6, 6.07) is 4.36. The lowest BCUT2D eigenvalue weighted by molar-refractivity contribution is -0.183. The Morgan fingerprint density at radius 1 is 1.30 bits per heavy atom. The average Bonchev–Trinajstić information content (AvgIpc) is 2.46. The molecular formula is C16H20F4N2O. The maximum absolute atomic E-state index is 13.2. The highest BCUT2D eigenvalue weighted by atomic mass is 19.4. The Hall–Kier alpha value is -1.79. The van der Waals surface area contributed by atoms with Crippen LogP contribution in [-0.2, 0) is 0 Å². The largest absolute Gasteiger partial charge is 0.391 e. The second kappa shape index (κ2) is 7.19. The molecule has 7 heteroatoms. The molecular weight excluding hydrogens is 312 g/mol. The molecule has 0 aromatic heterocycles. The average molecular weight is 332 g/mol. The van der Waals surface area contributed by atoms with Crippen LogP contribution in [0.25, 0.3) is 0 Å². The number of carbonyl (C=O) groups is 1. The van der Waals surface area contributed by atoms with Crippen molar-refractivity contribution in [2.24, 2.45) is 5.92 Å². The predicted molar refractivity (Wildman–Crippen MR) is 78.3 cm³/mol. The van der Waals surface area contributed by atoms with Crippen LogP contribution in [-0.4, -0.2) is 18.2 Å². The van der Waals surface area contributed by atoms with Crippen LogP contribution in [0.4, 0.5) is 22.4 Å². The summed E-state index contributed by atoms with van der Waals surface area (Å²) in [4.78, 5) is 11.9. The first-order chi connectivity index (χ1) is 10.8. The molecule has 3 atom stereocenters. The van der Waals surface area contributed by atoms with Gasteiger partial charge in [-0.3, -0.25) is 0 Å². The molecule has 0 aliphatic heterocycles. The maximum Gasteiger partial charge on any atom is 0.391 e. The molecule has 0 saturated heterocycles. The molecule has 0 bridgehead atoms. The van der Waals surface area contributed by atoms with E-state index in [-0.39, 0.29) is 12.8 Å². The third kappa shape index (κ3) is 5.11. The molecule has 0 unspecified atom stereocenters. The van der Waals surface area contributed by atoms with Gasteiger partial charge in [-0.1, -0.05) is 18.6 Å². The molecule has 1 aliphatic rings. The standard InChI is InChI=1S/C16H20F4N2O/c1-10(11-4-2-6-13(17)8-11)21-15(23)22-14-7-3-5-12(9-14)16(18,19)20/h2,4,6,8,10,12,14H,3,5,7,9H2,1H3,(H2,21,22,23)/t10-,12+,14+/m1/s1. The van der Waals surface area contributed by atoms with Crippen LogP contribution < -0.4 is 10.6 Å². The van der Waals surface area contributed by atoms with Crippen LogP contribution in [0.3, 0.4) is 0 Å². The van der Waals surface area contributed by atoms with Gasteiger partial charge in [-0.05, 0) is 43.9 Å². The number of rotatable bonds is 3. The van der Waals surface area contributed by atoms with Crippen molar-refractivity contribution in [3.8, 4) is 0 Å². The Morgan fingerprint density at radius 3 is 2.70 bits per heavy atom. The molecule has 1 aromatic carbocycles. The zero-order valence-corrected chi connectivity index (χ0v) is 12.8. The van der Waals surface area contributed by atoms with E-state index in [4.69, 9.17) is 0 Å². The van der Waals surface area contributed by atoms with Gasteiger partial charge in [0.1, 0.15) is 5.82 Å². The number of alkyl halides is 3.